The van der Waals surface area contributed by atoms with E-state index in [0.29, 0.717) is 18.7 Å². The number of likely N-dealkylation sites (tertiary alicyclic amines) is 1. The van der Waals surface area contributed by atoms with Crippen molar-refractivity contribution in [1.82, 2.24) is 25.4 Å². The molecule has 0 unspecified atom stereocenters. The van der Waals surface area contributed by atoms with E-state index in [1.807, 2.05) is 45.0 Å². The molecule has 0 bridgehead atoms. The predicted octanol–water partition coefficient (Wildman–Crippen LogP) is 3.23. The largest absolute Gasteiger partial charge is 0.444 e. The number of rotatable bonds is 5. The molecule has 0 spiro atoms. The van der Waals surface area contributed by atoms with Crippen molar-refractivity contribution in [3.63, 3.8) is 0 Å². The Morgan fingerprint density at radius 1 is 1.24 bits per heavy atom. The van der Waals surface area contributed by atoms with Crippen molar-refractivity contribution < 1.29 is 14.3 Å². The fourth-order valence-corrected chi connectivity index (χ4v) is 3.70. The fourth-order valence-electron chi connectivity index (χ4n) is 2.97. The molecule has 156 valence electrons. The summed E-state index contributed by atoms with van der Waals surface area (Å²) in [6.07, 6.45) is 2.63. The van der Waals surface area contributed by atoms with Crippen molar-refractivity contribution in [2.24, 2.45) is 0 Å². The number of nitrogens with zero attached hydrogens (tertiary/aromatic N) is 3. The van der Waals surface area contributed by atoms with E-state index in [1.54, 1.807) is 16.7 Å². The van der Waals surface area contributed by atoms with E-state index in [0.717, 1.165) is 29.3 Å². The number of hydrogen-bond donors (Lipinski definition) is 2. The highest BCUT2D eigenvalue weighted by atomic mass is 32.2. The Balaban J connectivity index is 1.44. The maximum absolute atomic E-state index is 12.5. The van der Waals surface area contributed by atoms with Crippen molar-refractivity contribution in [2.45, 2.75) is 56.2 Å². The maximum atomic E-state index is 12.5. The van der Waals surface area contributed by atoms with Gasteiger partial charge in [0.05, 0.1) is 0 Å². The average molecular weight is 418 g/mol. The Hall–Kier alpha value is -2.55. The first kappa shape index (κ1) is 21.2. The van der Waals surface area contributed by atoms with Gasteiger partial charge in [-0.25, -0.2) is 9.78 Å². The van der Waals surface area contributed by atoms with Gasteiger partial charge in [-0.15, -0.1) is 0 Å². The molecule has 2 amide bonds. The van der Waals surface area contributed by atoms with E-state index in [-0.39, 0.29) is 18.0 Å². The second-order valence-electron chi connectivity index (χ2n) is 7.99. The Morgan fingerprint density at radius 2 is 1.93 bits per heavy atom. The summed E-state index contributed by atoms with van der Waals surface area (Å²) in [4.78, 5) is 30.4. The summed E-state index contributed by atoms with van der Waals surface area (Å²) in [5, 5.41) is 10.5. The van der Waals surface area contributed by atoms with E-state index in [2.05, 4.69) is 20.5 Å². The fraction of sp³-hybridized carbons (Fsp3) is 0.500. The zero-order valence-electron chi connectivity index (χ0n) is 17.0. The van der Waals surface area contributed by atoms with E-state index >= 15 is 0 Å². The standard InChI is InChI=1S/C20H27N5O3S/c1-20(2,3)28-19(27)25-10-8-16(9-11-25)23-17(26)15-6-4-14(5-7-15)12-29-18-21-13-22-24-18/h4-7,13,16H,8-12H2,1-3H3,(H,23,26)(H,21,22,24). The van der Waals surface area contributed by atoms with Crippen LogP contribution >= 0.6 is 11.8 Å². The van der Waals surface area contributed by atoms with Gasteiger partial charge in [-0.1, -0.05) is 23.9 Å². The molecule has 0 saturated carbocycles. The summed E-state index contributed by atoms with van der Waals surface area (Å²) in [6, 6.07) is 7.62. The number of amides is 2. The van der Waals surface area contributed by atoms with Crippen molar-refractivity contribution >= 4 is 23.8 Å². The summed E-state index contributed by atoms with van der Waals surface area (Å²) in [7, 11) is 0. The molecule has 1 aliphatic heterocycles. The van der Waals surface area contributed by atoms with Crippen molar-refractivity contribution in [2.75, 3.05) is 13.1 Å². The van der Waals surface area contributed by atoms with Crippen LogP contribution in [0.5, 0.6) is 0 Å². The van der Waals surface area contributed by atoms with Gasteiger partial charge in [-0.3, -0.25) is 9.89 Å². The van der Waals surface area contributed by atoms with Crippen LogP contribution < -0.4 is 5.32 Å². The zero-order chi connectivity index (χ0) is 20.9. The molecule has 2 heterocycles. The summed E-state index contributed by atoms with van der Waals surface area (Å²) in [5.41, 5.74) is 1.24. The van der Waals surface area contributed by atoms with Crippen molar-refractivity contribution in [1.29, 1.82) is 0 Å². The SMILES string of the molecule is CC(C)(C)OC(=O)N1CCC(NC(=O)c2ccc(CSc3ncn[nH]3)cc2)CC1. The molecular formula is C20H27N5O3S. The number of ether oxygens (including phenoxy) is 1. The Labute approximate surface area is 174 Å². The van der Waals surface area contributed by atoms with E-state index in [9.17, 15) is 9.59 Å². The first-order valence-corrected chi connectivity index (χ1v) is 10.6. The third-order valence-electron chi connectivity index (χ3n) is 4.47. The highest BCUT2D eigenvalue weighted by Crippen LogP contribution is 2.19. The van der Waals surface area contributed by atoms with Gasteiger partial charge in [-0.05, 0) is 51.3 Å². The molecule has 0 radical (unpaired) electrons. The Bertz CT molecular complexity index is 810. The first-order chi connectivity index (χ1) is 13.8. The number of carbonyl (C=O) groups is 2. The number of benzene rings is 1. The van der Waals surface area contributed by atoms with Crippen LogP contribution in [0.4, 0.5) is 4.79 Å². The lowest BCUT2D eigenvalue weighted by Crippen LogP contribution is -2.47. The normalized spacial score (nSPS) is 15.2. The summed E-state index contributed by atoms with van der Waals surface area (Å²) >= 11 is 1.56. The van der Waals surface area contributed by atoms with Crippen LogP contribution in [0.25, 0.3) is 0 Å². The minimum absolute atomic E-state index is 0.0582. The van der Waals surface area contributed by atoms with Gasteiger partial charge < -0.3 is 15.0 Å². The molecule has 0 atom stereocenters. The number of piperidine rings is 1. The molecule has 1 aromatic carbocycles. The molecule has 1 aromatic heterocycles. The molecule has 0 aliphatic carbocycles. The topological polar surface area (TPSA) is 100 Å². The van der Waals surface area contributed by atoms with Crippen LogP contribution in [-0.4, -0.2) is 56.8 Å². The Morgan fingerprint density at radius 3 is 2.52 bits per heavy atom. The van der Waals surface area contributed by atoms with Gasteiger partial charge in [0.25, 0.3) is 5.91 Å². The molecular weight excluding hydrogens is 390 g/mol. The van der Waals surface area contributed by atoms with Gasteiger partial charge in [-0.2, -0.15) is 5.10 Å². The van der Waals surface area contributed by atoms with Gasteiger partial charge in [0, 0.05) is 30.4 Å². The average Bonchev–Trinajstić information content (AvgIpc) is 3.19. The number of nitrogens with one attached hydrogen (secondary N) is 2. The second kappa shape index (κ2) is 9.30. The highest BCUT2D eigenvalue weighted by Gasteiger charge is 2.27. The monoisotopic (exact) mass is 417 g/mol. The van der Waals surface area contributed by atoms with Gasteiger partial charge >= 0.3 is 6.09 Å². The lowest BCUT2D eigenvalue weighted by atomic mass is 10.0. The second-order valence-corrected chi connectivity index (χ2v) is 8.96. The van der Waals surface area contributed by atoms with Crippen molar-refractivity contribution in [3.05, 3.63) is 41.7 Å². The molecule has 1 aliphatic rings. The number of hydrogen-bond acceptors (Lipinski definition) is 6. The van der Waals surface area contributed by atoms with Gasteiger partial charge in [0.1, 0.15) is 11.9 Å². The number of thioether (sulfide) groups is 1. The zero-order valence-corrected chi connectivity index (χ0v) is 17.8. The minimum Gasteiger partial charge on any atom is -0.444 e. The van der Waals surface area contributed by atoms with Crippen LogP contribution in [0.2, 0.25) is 0 Å². The van der Waals surface area contributed by atoms with E-state index in [1.165, 1.54) is 6.33 Å². The molecule has 2 N–H and O–H groups in total. The third kappa shape index (κ3) is 6.49. The molecule has 1 saturated heterocycles. The lowest BCUT2D eigenvalue weighted by Gasteiger charge is -2.33. The predicted molar refractivity (Wildman–Crippen MR) is 111 cm³/mol. The smallest absolute Gasteiger partial charge is 0.410 e. The van der Waals surface area contributed by atoms with Crippen LogP contribution in [0, 0.1) is 0 Å². The molecule has 8 nitrogen and oxygen atoms in total. The first-order valence-electron chi connectivity index (χ1n) is 9.66. The highest BCUT2D eigenvalue weighted by molar-refractivity contribution is 7.98. The number of H-pyrrole nitrogens is 1. The van der Waals surface area contributed by atoms with E-state index < -0.39 is 5.60 Å². The van der Waals surface area contributed by atoms with E-state index in [4.69, 9.17) is 4.74 Å². The molecule has 9 heteroatoms. The molecule has 29 heavy (non-hydrogen) atoms. The van der Waals surface area contributed by atoms with Gasteiger partial charge in [0.2, 0.25) is 0 Å². The Kier molecular flexibility index (Phi) is 6.79. The van der Waals surface area contributed by atoms with Crippen LogP contribution in [0.3, 0.4) is 0 Å². The van der Waals surface area contributed by atoms with Crippen LogP contribution in [-0.2, 0) is 10.5 Å². The number of aromatic nitrogens is 3. The quantitative estimate of drug-likeness (QED) is 0.725. The third-order valence-corrected chi connectivity index (χ3v) is 5.41. The maximum Gasteiger partial charge on any atom is 0.410 e. The summed E-state index contributed by atoms with van der Waals surface area (Å²) in [6.45, 7) is 6.73. The van der Waals surface area contributed by atoms with Crippen LogP contribution in [0.1, 0.15) is 49.5 Å². The number of aromatic amines is 1. The molecule has 2 aromatic rings. The van der Waals surface area contributed by atoms with Gasteiger partial charge in [0.15, 0.2) is 5.16 Å². The lowest BCUT2D eigenvalue weighted by molar-refractivity contribution is 0.0199. The minimum atomic E-state index is -0.498. The molecule has 3 rings (SSSR count). The number of carbonyl (C=O) groups excluding carboxylic acids is 2. The molecule has 1 fully saturated rings. The van der Waals surface area contributed by atoms with Crippen LogP contribution in [0.15, 0.2) is 35.7 Å². The summed E-state index contributed by atoms with van der Waals surface area (Å²) in [5.74, 6) is 0.662. The summed E-state index contributed by atoms with van der Waals surface area (Å²) < 4.78 is 5.41. The van der Waals surface area contributed by atoms with Crippen molar-refractivity contribution in [3.8, 4) is 0 Å².